The molecule has 22 heavy (non-hydrogen) atoms. The fraction of sp³-hybridized carbons (Fsp3) is 0.500. The molecule has 1 rings (SSSR count). The van der Waals surface area contributed by atoms with Crippen molar-refractivity contribution >= 4 is 28.9 Å². The predicted octanol–water partition coefficient (Wildman–Crippen LogP) is 3.89. The number of benzene rings is 1. The molecule has 0 saturated carbocycles. The van der Waals surface area contributed by atoms with Crippen molar-refractivity contribution in [2.45, 2.75) is 39.3 Å². The molecule has 0 aromatic heterocycles. The fourth-order valence-electron chi connectivity index (χ4n) is 1.39. The Kier molecular flexibility index (Phi) is 6.13. The molecule has 0 unspecified atom stereocenters. The lowest BCUT2D eigenvalue weighted by Gasteiger charge is -2.27. The average Bonchev–Trinajstić information content (AvgIpc) is 2.40. The molecule has 0 aliphatic carbocycles. The van der Waals surface area contributed by atoms with Crippen molar-refractivity contribution in [3.05, 3.63) is 35.4 Å². The van der Waals surface area contributed by atoms with Crippen LogP contribution in [0.3, 0.4) is 0 Å². The summed E-state index contributed by atoms with van der Waals surface area (Å²) in [5, 5.41) is 9.21. The summed E-state index contributed by atoms with van der Waals surface area (Å²) in [6.45, 7) is 13.7. The Bertz CT molecular complexity index is 493. The third-order valence-electron chi connectivity index (χ3n) is 3.68. The molecule has 6 heteroatoms. The smallest absolute Gasteiger partial charge is 0.168 e. The van der Waals surface area contributed by atoms with Gasteiger partial charge in [0.05, 0.1) is 12.4 Å². The number of nitrogens with zero attached hydrogens (tertiary/aromatic N) is 4. The lowest BCUT2D eigenvalue weighted by Crippen LogP contribution is -2.39. The van der Waals surface area contributed by atoms with Crippen molar-refractivity contribution in [1.29, 1.82) is 0 Å². The molecule has 0 aliphatic rings. The normalized spacial score (nSPS) is 13.1. The molecule has 0 fully saturated rings. The van der Waals surface area contributed by atoms with E-state index < -0.39 is 16.5 Å². The molecule has 1 aromatic rings. The highest BCUT2D eigenvalue weighted by molar-refractivity contribution is 6.73. The zero-order valence-corrected chi connectivity index (χ0v) is 17.3. The second-order valence-corrected chi connectivity index (χ2v) is 17.5. The third kappa shape index (κ3) is 5.77. The quantitative estimate of drug-likeness (QED) is 0.449. The van der Waals surface area contributed by atoms with Gasteiger partial charge in [0.25, 0.3) is 0 Å². The lowest BCUT2D eigenvalue weighted by molar-refractivity contribution is 0.551. The van der Waals surface area contributed by atoms with Crippen molar-refractivity contribution in [2.75, 3.05) is 14.1 Å². The van der Waals surface area contributed by atoms with E-state index >= 15 is 0 Å². The summed E-state index contributed by atoms with van der Waals surface area (Å²) < 4.78 is 4.21. The van der Waals surface area contributed by atoms with Gasteiger partial charge >= 0.3 is 0 Å². The fourth-order valence-corrected chi connectivity index (χ4v) is 2.20. The van der Waals surface area contributed by atoms with Crippen molar-refractivity contribution in [3.63, 3.8) is 0 Å². The Morgan fingerprint density at radius 1 is 0.727 bits per heavy atom. The van der Waals surface area contributed by atoms with E-state index in [0.29, 0.717) is 0 Å². The third-order valence-corrected chi connectivity index (χ3v) is 7.79. The van der Waals surface area contributed by atoms with E-state index in [1.807, 2.05) is 24.6 Å². The maximum Gasteiger partial charge on any atom is 0.168 e. The predicted molar refractivity (Wildman–Crippen MR) is 104 cm³/mol. The zero-order chi connectivity index (χ0) is 17.0. The number of rotatable bonds is 6. The van der Waals surface area contributed by atoms with Crippen LogP contribution in [0.25, 0.3) is 0 Å². The number of hydrazone groups is 2. The largest absolute Gasteiger partial charge is 0.328 e. The van der Waals surface area contributed by atoms with E-state index in [1.54, 1.807) is 0 Å². The highest BCUT2D eigenvalue weighted by atomic mass is 28.3. The topological polar surface area (TPSA) is 31.2 Å². The molecule has 0 atom stereocenters. The van der Waals surface area contributed by atoms with Crippen LogP contribution in [0.4, 0.5) is 0 Å². The molecule has 0 bridgehead atoms. The maximum absolute atomic E-state index is 4.61. The first-order valence-corrected chi connectivity index (χ1v) is 14.6. The number of hydrogen-bond donors (Lipinski definition) is 0. The van der Waals surface area contributed by atoms with E-state index in [1.165, 1.54) is 0 Å². The number of hydrogen-bond acceptors (Lipinski definition) is 4. The first-order valence-electron chi connectivity index (χ1n) is 7.66. The van der Waals surface area contributed by atoms with Crippen molar-refractivity contribution < 1.29 is 0 Å². The molecular weight excluding hydrogens is 304 g/mol. The van der Waals surface area contributed by atoms with E-state index in [-0.39, 0.29) is 0 Å². The van der Waals surface area contributed by atoms with Gasteiger partial charge in [-0.3, -0.25) is 0 Å². The summed E-state index contributed by atoms with van der Waals surface area (Å²) >= 11 is 0. The summed E-state index contributed by atoms with van der Waals surface area (Å²) in [5.41, 5.74) is 2.20. The summed E-state index contributed by atoms with van der Waals surface area (Å²) in [4.78, 5) is 0. The maximum atomic E-state index is 4.61. The van der Waals surface area contributed by atoms with Crippen LogP contribution in [0.5, 0.6) is 0 Å². The van der Waals surface area contributed by atoms with Gasteiger partial charge in [0.15, 0.2) is 16.5 Å². The van der Waals surface area contributed by atoms with Crippen LogP contribution in [0.15, 0.2) is 34.5 Å². The second-order valence-electron chi connectivity index (χ2n) is 7.51. The van der Waals surface area contributed by atoms with Crippen molar-refractivity contribution in [2.24, 2.45) is 10.2 Å². The van der Waals surface area contributed by atoms with Crippen molar-refractivity contribution in [1.82, 2.24) is 9.35 Å². The Morgan fingerprint density at radius 3 is 1.32 bits per heavy atom. The van der Waals surface area contributed by atoms with Gasteiger partial charge in [-0.25, -0.2) is 0 Å². The Hall–Kier alpha value is -1.41. The van der Waals surface area contributed by atoms with Crippen molar-refractivity contribution in [3.8, 4) is 0 Å². The molecule has 0 aliphatic heterocycles. The summed E-state index contributed by atoms with van der Waals surface area (Å²) in [6.07, 6.45) is 3.88. The highest BCUT2D eigenvalue weighted by Crippen LogP contribution is 2.10. The van der Waals surface area contributed by atoms with Gasteiger partial charge in [-0.15, -0.1) is 0 Å². The zero-order valence-electron chi connectivity index (χ0n) is 15.3. The summed E-state index contributed by atoms with van der Waals surface area (Å²) in [7, 11) is 1.32. The van der Waals surface area contributed by atoms with Gasteiger partial charge in [0.1, 0.15) is 0 Å². The Balaban J connectivity index is 2.96. The average molecular weight is 335 g/mol. The van der Waals surface area contributed by atoms with Crippen LogP contribution in [0, 0.1) is 0 Å². The van der Waals surface area contributed by atoms with E-state index in [9.17, 15) is 0 Å². The molecule has 0 spiro atoms. The van der Waals surface area contributed by atoms with Crippen LogP contribution in [-0.4, -0.2) is 52.3 Å². The molecule has 0 N–H and O–H groups in total. The minimum Gasteiger partial charge on any atom is -0.328 e. The van der Waals surface area contributed by atoms with Crippen LogP contribution in [-0.2, 0) is 0 Å². The van der Waals surface area contributed by atoms with Gasteiger partial charge in [0, 0.05) is 25.2 Å². The first-order chi connectivity index (χ1) is 10.0. The van der Waals surface area contributed by atoms with E-state index in [0.717, 1.165) is 11.1 Å². The van der Waals surface area contributed by atoms with Gasteiger partial charge < -0.3 is 9.35 Å². The molecular formula is C16H30N4Si2. The molecule has 0 heterocycles. The minimum absolute atomic E-state index is 1.10. The molecule has 4 nitrogen and oxygen atoms in total. The summed E-state index contributed by atoms with van der Waals surface area (Å²) in [6, 6.07) is 8.24. The van der Waals surface area contributed by atoms with Gasteiger partial charge in [-0.1, -0.05) is 63.5 Å². The lowest BCUT2D eigenvalue weighted by atomic mass is 10.1. The Morgan fingerprint density at radius 2 is 1.05 bits per heavy atom. The van der Waals surface area contributed by atoms with Crippen LogP contribution in [0.1, 0.15) is 11.1 Å². The molecule has 1 aromatic carbocycles. The monoisotopic (exact) mass is 334 g/mol. The molecule has 122 valence electrons. The minimum atomic E-state index is -1.39. The Labute approximate surface area is 137 Å². The highest BCUT2D eigenvalue weighted by Gasteiger charge is 2.19. The van der Waals surface area contributed by atoms with Crippen LogP contribution < -0.4 is 0 Å². The van der Waals surface area contributed by atoms with Gasteiger partial charge in [-0.2, -0.15) is 10.2 Å². The first kappa shape index (κ1) is 18.6. The molecule has 0 radical (unpaired) electrons. The van der Waals surface area contributed by atoms with Crippen LogP contribution >= 0.6 is 0 Å². The standard InChI is InChI=1S/C16H30N4Si2/c1-19(21(3,4)5)17-13-15-11-9-10-12-16(15)14-18-20(2)22(6,7)8/h9-14H,1-8H3. The van der Waals surface area contributed by atoms with Crippen LogP contribution in [0.2, 0.25) is 39.3 Å². The van der Waals surface area contributed by atoms with Gasteiger partial charge in [-0.05, 0) is 0 Å². The van der Waals surface area contributed by atoms with E-state index in [2.05, 4.69) is 85.1 Å². The van der Waals surface area contributed by atoms with E-state index in [4.69, 9.17) is 0 Å². The van der Waals surface area contributed by atoms with Gasteiger partial charge in [0.2, 0.25) is 0 Å². The SMILES string of the molecule is CN(N=Cc1ccccc1C=NN(C)[Si](C)(C)C)[Si](C)(C)C. The molecule has 0 amide bonds. The second kappa shape index (κ2) is 7.24. The summed E-state index contributed by atoms with van der Waals surface area (Å²) in [5.74, 6) is 0. The molecule has 0 saturated heterocycles.